The van der Waals surface area contributed by atoms with Gasteiger partial charge in [-0.3, -0.25) is 19.3 Å². The number of anilines is 1. The van der Waals surface area contributed by atoms with E-state index in [0.29, 0.717) is 29.7 Å². The van der Waals surface area contributed by atoms with Crippen molar-refractivity contribution < 1.29 is 37.0 Å². The zero-order valence-electron chi connectivity index (χ0n) is 19.7. The van der Waals surface area contributed by atoms with Crippen LogP contribution in [0.25, 0.3) is 16.8 Å². The van der Waals surface area contributed by atoms with Gasteiger partial charge < -0.3 is 14.8 Å². The van der Waals surface area contributed by atoms with Gasteiger partial charge in [-0.25, -0.2) is 0 Å². The topological polar surface area (TPSA) is 84.9 Å². The predicted octanol–water partition coefficient (Wildman–Crippen LogP) is 5.94. The van der Waals surface area contributed by atoms with Crippen LogP contribution in [0.1, 0.15) is 18.1 Å². The molecule has 0 radical (unpaired) electrons. The van der Waals surface area contributed by atoms with Crippen LogP contribution < -0.4 is 14.8 Å². The highest BCUT2D eigenvalue weighted by molar-refractivity contribution is 8.18. The smallest absolute Gasteiger partial charge is 0.416 e. The number of ether oxygens (including phenoxy) is 2. The number of nitrogens with zero attached hydrogens (tertiary/aromatic N) is 1. The molecule has 0 saturated carbocycles. The number of imide groups is 1. The fraction of sp³-hybridized carbons (Fsp3) is 0.192. The molecule has 1 saturated heterocycles. The summed E-state index contributed by atoms with van der Waals surface area (Å²) in [7, 11) is 1.24. The lowest BCUT2D eigenvalue weighted by Crippen LogP contribution is -2.36. The van der Waals surface area contributed by atoms with Crippen LogP contribution in [0.15, 0.2) is 59.5 Å². The number of carbonyl (C=O) groups excluding carboxylic acids is 3. The Morgan fingerprint density at radius 2 is 1.76 bits per heavy atom. The number of nitrogens with one attached hydrogen (secondary N) is 1. The predicted molar refractivity (Wildman–Crippen MR) is 134 cm³/mol. The summed E-state index contributed by atoms with van der Waals surface area (Å²) in [6.45, 7) is 1.68. The maximum atomic E-state index is 13.1. The van der Waals surface area contributed by atoms with E-state index in [9.17, 15) is 27.6 Å². The third-order valence-electron chi connectivity index (χ3n) is 5.48. The van der Waals surface area contributed by atoms with Gasteiger partial charge in [0, 0.05) is 5.39 Å². The van der Waals surface area contributed by atoms with Crippen molar-refractivity contribution in [3.8, 4) is 11.5 Å². The van der Waals surface area contributed by atoms with Gasteiger partial charge in [0.1, 0.15) is 18.0 Å². The molecule has 1 aliphatic heterocycles. The van der Waals surface area contributed by atoms with Gasteiger partial charge in [-0.1, -0.05) is 30.3 Å². The maximum absolute atomic E-state index is 13.1. The first kappa shape index (κ1) is 26.1. The second-order valence-corrected chi connectivity index (χ2v) is 8.85. The monoisotopic (exact) mass is 530 g/mol. The molecule has 0 unspecified atom stereocenters. The van der Waals surface area contributed by atoms with E-state index in [2.05, 4.69) is 5.32 Å². The second-order valence-electron chi connectivity index (χ2n) is 7.86. The van der Waals surface area contributed by atoms with Gasteiger partial charge in [0.15, 0.2) is 0 Å². The zero-order valence-corrected chi connectivity index (χ0v) is 20.5. The minimum atomic E-state index is -4.63. The first-order valence-corrected chi connectivity index (χ1v) is 11.9. The van der Waals surface area contributed by atoms with E-state index in [1.165, 1.54) is 7.11 Å². The first-order chi connectivity index (χ1) is 17.6. The van der Waals surface area contributed by atoms with Gasteiger partial charge in [0.05, 0.1) is 29.9 Å². The first-order valence-electron chi connectivity index (χ1n) is 11.1. The normalized spacial score (nSPS) is 14.9. The standard InChI is InChI=1S/C26H21F3N2O5S/c1-3-36-20-10-8-15(17-6-4-5-7-18(17)20)12-22-24(33)31(25(34)37-22)14-23(32)30-19-13-16(26(27,28)29)9-11-21(19)35-2/h4-13H,3,14H2,1-2H3,(H,30,32). The number of hydrogen-bond acceptors (Lipinski definition) is 6. The summed E-state index contributed by atoms with van der Waals surface area (Å²) < 4.78 is 49.9. The molecule has 0 atom stereocenters. The van der Waals surface area contributed by atoms with Crippen molar-refractivity contribution in [1.82, 2.24) is 4.90 Å². The molecule has 0 aliphatic carbocycles. The number of methoxy groups -OCH3 is 1. The van der Waals surface area contributed by atoms with E-state index in [-0.39, 0.29) is 16.3 Å². The molecule has 3 aromatic carbocycles. The van der Waals surface area contributed by atoms with Crippen molar-refractivity contribution in [1.29, 1.82) is 0 Å². The summed E-state index contributed by atoms with van der Waals surface area (Å²) >= 11 is 0.675. The van der Waals surface area contributed by atoms with E-state index in [1.807, 2.05) is 31.2 Å². The summed E-state index contributed by atoms with van der Waals surface area (Å²) in [6.07, 6.45) is -3.06. The lowest BCUT2D eigenvalue weighted by Gasteiger charge is -2.16. The Kier molecular flexibility index (Phi) is 7.44. The molecule has 4 rings (SSSR count). The molecular formula is C26H21F3N2O5S. The largest absolute Gasteiger partial charge is 0.495 e. The van der Waals surface area contributed by atoms with Crippen molar-refractivity contribution in [2.75, 3.05) is 25.6 Å². The Hall–Kier alpha value is -3.99. The van der Waals surface area contributed by atoms with Gasteiger partial charge in [0.2, 0.25) is 5.91 Å². The number of fused-ring (bicyclic) bond motifs is 1. The fourth-order valence-electron chi connectivity index (χ4n) is 3.79. The summed E-state index contributed by atoms with van der Waals surface area (Å²) in [6, 6.07) is 13.6. The summed E-state index contributed by atoms with van der Waals surface area (Å²) in [4.78, 5) is 38.9. The van der Waals surface area contributed by atoms with Crippen LogP contribution in [-0.4, -0.2) is 42.2 Å². The van der Waals surface area contributed by atoms with Gasteiger partial charge in [0.25, 0.3) is 11.1 Å². The molecule has 1 N–H and O–H groups in total. The lowest BCUT2D eigenvalue weighted by molar-refractivity contribution is -0.137. The average molecular weight is 531 g/mol. The molecule has 1 heterocycles. The third kappa shape index (κ3) is 5.56. The number of thioether (sulfide) groups is 1. The summed E-state index contributed by atoms with van der Waals surface area (Å²) in [5.74, 6) is -0.852. The minimum absolute atomic E-state index is 0.00207. The molecule has 0 aromatic heterocycles. The van der Waals surface area contributed by atoms with Crippen molar-refractivity contribution in [3.05, 3.63) is 70.6 Å². The van der Waals surface area contributed by atoms with Crippen molar-refractivity contribution in [2.24, 2.45) is 0 Å². The highest BCUT2D eigenvalue weighted by Gasteiger charge is 2.37. The molecule has 3 amide bonds. The molecule has 0 bridgehead atoms. The van der Waals surface area contributed by atoms with Crippen LogP contribution in [0.4, 0.5) is 23.7 Å². The fourth-order valence-corrected chi connectivity index (χ4v) is 4.62. The van der Waals surface area contributed by atoms with Gasteiger partial charge >= 0.3 is 6.18 Å². The van der Waals surface area contributed by atoms with Crippen LogP contribution in [0.2, 0.25) is 0 Å². The number of amides is 3. The second kappa shape index (κ2) is 10.6. The molecule has 1 fully saturated rings. The van der Waals surface area contributed by atoms with Crippen LogP contribution >= 0.6 is 11.8 Å². The minimum Gasteiger partial charge on any atom is -0.495 e. The van der Waals surface area contributed by atoms with Crippen molar-refractivity contribution in [2.45, 2.75) is 13.1 Å². The van der Waals surface area contributed by atoms with Crippen LogP contribution in [0.3, 0.4) is 0 Å². The molecule has 7 nitrogen and oxygen atoms in total. The number of carbonyl (C=O) groups is 3. The summed E-state index contributed by atoms with van der Waals surface area (Å²) in [5.41, 5.74) is -0.534. The molecule has 192 valence electrons. The number of alkyl halides is 3. The Labute approximate surface area is 214 Å². The molecule has 37 heavy (non-hydrogen) atoms. The Balaban J connectivity index is 1.55. The number of rotatable bonds is 7. The van der Waals surface area contributed by atoms with Gasteiger partial charge in [-0.15, -0.1) is 0 Å². The average Bonchev–Trinajstić information content (AvgIpc) is 3.12. The van der Waals surface area contributed by atoms with E-state index in [1.54, 1.807) is 18.2 Å². The highest BCUT2D eigenvalue weighted by Crippen LogP contribution is 2.37. The Morgan fingerprint density at radius 3 is 2.43 bits per heavy atom. The van der Waals surface area contributed by atoms with E-state index in [0.717, 1.165) is 33.9 Å². The molecule has 11 heteroatoms. The van der Waals surface area contributed by atoms with Crippen molar-refractivity contribution in [3.63, 3.8) is 0 Å². The Morgan fingerprint density at radius 1 is 1.05 bits per heavy atom. The maximum Gasteiger partial charge on any atom is 0.416 e. The molecule has 0 spiro atoms. The van der Waals surface area contributed by atoms with Crippen LogP contribution in [0.5, 0.6) is 11.5 Å². The van der Waals surface area contributed by atoms with Crippen LogP contribution in [0, 0.1) is 0 Å². The number of halogens is 3. The summed E-state index contributed by atoms with van der Waals surface area (Å²) in [5, 5.41) is 3.28. The molecule has 1 aliphatic rings. The van der Waals surface area contributed by atoms with E-state index < -0.39 is 35.3 Å². The van der Waals surface area contributed by atoms with Crippen molar-refractivity contribution >= 4 is 51.4 Å². The quantitative estimate of drug-likeness (QED) is 0.381. The van der Waals surface area contributed by atoms with E-state index >= 15 is 0 Å². The third-order valence-corrected chi connectivity index (χ3v) is 6.39. The number of hydrogen-bond donors (Lipinski definition) is 1. The SMILES string of the molecule is CCOc1ccc(C=C2SC(=O)N(CC(=O)Nc3cc(C(F)(F)F)ccc3OC)C2=O)c2ccccc12. The van der Waals surface area contributed by atoms with E-state index in [4.69, 9.17) is 9.47 Å². The Bertz CT molecular complexity index is 1420. The van der Waals surface area contributed by atoms with Gasteiger partial charge in [-0.05, 0) is 60.0 Å². The zero-order chi connectivity index (χ0) is 26.7. The van der Waals surface area contributed by atoms with Crippen LogP contribution in [-0.2, 0) is 15.8 Å². The molecule has 3 aromatic rings. The lowest BCUT2D eigenvalue weighted by atomic mass is 10.0. The number of benzene rings is 3. The molecular weight excluding hydrogens is 509 g/mol. The van der Waals surface area contributed by atoms with Gasteiger partial charge in [-0.2, -0.15) is 13.2 Å². The highest BCUT2D eigenvalue weighted by atomic mass is 32.2.